The molecule has 0 saturated carbocycles. The van der Waals surface area contributed by atoms with Gasteiger partial charge in [0.25, 0.3) is 0 Å². The molecule has 9 nitrogen and oxygen atoms in total. The van der Waals surface area contributed by atoms with Crippen molar-refractivity contribution in [1.82, 2.24) is 25.6 Å². The zero-order valence-electron chi connectivity index (χ0n) is 11.6. The van der Waals surface area contributed by atoms with Gasteiger partial charge in [0, 0.05) is 6.54 Å². The zero-order chi connectivity index (χ0) is 15.5. The van der Waals surface area contributed by atoms with Crippen LogP contribution in [0.2, 0.25) is 0 Å². The maximum atomic E-state index is 11.4. The van der Waals surface area contributed by atoms with Crippen LogP contribution in [0.5, 0.6) is 0 Å². The number of aliphatic carboxylic acids is 1. The molecular weight excluding hydrogens is 278 g/mol. The van der Waals surface area contributed by atoms with Crippen molar-refractivity contribution in [3.63, 3.8) is 0 Å². The molecular formula is C12H19N5O4. The monoisotopic (exact) mass is 297 g/mol. The minimum absolute atomic E-state index is 0.169. The first-order chi connectivity index (χ1) is 10.1. The van der Waals surface area contributed by atoms with Crippen LogP contribution in [0.25, 0.3) is 0 Å². The lowest BCUT2D eigenvalue weighted by molar-refractivity contribution is -0.137. The van der Waals surface area contributed by atoms with Gasteiger partial charge in [-0.3, -0.25) is 4.79 Å². The molecule has 2 amide bonds. The number of amides is 2. The van der Waals surface area contributed by atoms with Crippen LogP contribution in [-0.4, -0.2) is 51.9 Å². The fourth-order valence-electron chi connectivity index (χ4n) is 1.37. The van der Waals surface area contributed by atoms with E-state index in [0.717, 1.165) is 6.42 Å². The molecule has 0 unspecified atom stereocenters. The van der Waals surface area contributed by atoms with Crippen LogP contribution in [0.4, 0.5) is 4.79 Å². The normalized spacial score (nSPS) is 10.1. The van der Waals surface area contributed by atoms with Crippen molar-refractivity contribution < 1.29 is 19.4 Å². The maximum absolute atomic E-state index is 11.4. The van der Waals surface area contributed by atoms with Gasteiger partial charge < -0.3 is 20.5 Å². The molecule has 0 aliphatic carbocycles. The van der Waals surface area contributed by atoms with E-state index in [1.54, 1.807) is 6.08 Å². The quantitative estimate of drug-likeness (QED) is 0.405. The average Bonchev–Trinajstić information content (AvgIpc) is 2.87. The van der Waals surface area contributed by atoms with Gasteiger partial charge in [-0.05, 0) is 6.42 Å². The Kier molecular flexibility index (Phi) is 7.51. The first-order valence-electron chi connectivity index (χ1n) is 6.43. The number of nitrogens with one attached hydrogen (secondary N) is 2. The smallest absolute Gasteiger partial charge is 0.325 e. The first kappa shape index (κ1) is 16.6. The number of carboxylic acids is 1. The highest BCUT2D eigenvalue weighted by Gasteiger charge is 2.05. The van der Waals surface area contributed by atoms with Crippen molar-refractivity contribution in [1.29, 1.82) is 0 Å². The third-order valence-electron chi connectivity index (χ3n) is 2.31. The third kappa shape index (κ3) is 7.67. The molecule has 0 spiro atoms. The minimum atomic E-state index is -1.01. The molecule has 1 aromatic heterocycles. The van der Waals surface area contributed by atoms with Gasteiger partial charge in [-0.2, -0.15) is 0 Å². The molecule has 0 atom stereocenters. The molecule has 0 radical (unpaired) electrons. The fraction of sp³-hybridized carbons (Fsp3) is 0.500. The van der Waals surface area contributed by atoms with Crippen molar-refractivity contribution in [3.05, 3.63) is 24.5 Å². The highest BCUT2D eigenvalue weighted by atomic mass is 16.5. The van der Waals surface area contributed by atoms with Crippen LogP contribution < -0.4 is 10.6 Å². The van der Waals surface area contributed by atoms with Gasteiger partial charge in [-0.15, -0.1) is 11.7 Å². The number of carboxylic acid groups (broad SMARTS) is 1. The van der Waals surface area contributed by atoms with E-state index in [1.165, 1.54) is 10.9 Å². The van der Waals surface area contributed by atoms with Gasteiger partial charge in [-0.25, -0.2) is 9.48 Å². The second kappa shape index (κ2) is 9.48. The van der Waals surface area contributed by atoms with Gasteiger partial charge in [0.15, 0.2) is 0 Å². The highest BCUT2D eigenvalue weighted by Crippen LogP contribution is 1.92. The van der Waals surface area contributed by atoms with Crippen LogP contribution in [-0.2, 0) is 22.6 Å². The molecule has 0 saturated heterocycles. The predicted octanol–water partition coefficient (Wildman–Crippen LogP) is -0.245. The molecule has 3 N–H and O–H groups in total. The summed E-state index contributed by atoms with van der Waals surface area (Å²) in [5.74, 6) is -1.01. The Morgan fingerprint density at radius 3 is 2.95 bits per heavy atom. The molecule has 0 aliphatic heterocycles. The molecule has 1 rings (SSSR count). The summed E-state index contributed by atoms with van der Waals surface area (Å²) in [6.07, 6.45) is 4.00. The van der Waals surface area contributed by atoms with Crippen LogP contribution in [0.3, 0.4) is 0 Å². The summed E-state index contributed by atoms with van der Waals surface area (Å²) in [6.45, 7) is 4.89. The Labute approximate surface area is 122 Å². The maximum Gasteiger partial charge on any atom is 0.325 e. The summed E-state index contributed by atoms with van der Waals surface area (Å²) < 4.78 is 6.42. The lowest BCUT2D eigenvalue weighted by Gasteiger charge is -2.06. The van der Waals surface area contributed by atoms with Gasteiger partial charge in [-0.1, -0.05) is 11.3 Å². The second-order valence-electron chi connectivity index (χ2n) is 4.10. The zero-order valence-corrected chi connectivity index (χ0v) is 11.6. The SMILES string of the molecule is C=CCCOCCNC(=O)NCc1cn(CC(=O)O)nn1. The lowest BCUT2D eigenvalue weighted by atomic mass is 10.4. The van der Waals surface area contributed by atoms with Gasteiger partial charge in [0.1, 0.15) is 12.2 Å². The fourth-order valence-corrected chi connectivity index (χ4v) is 1.37. The van der Waals surface area contributed by atoms with Crippen LogP contribution >= 0.6 is 0 Å². The van der Waals surface area contributed by atoms with Crippen molar-refractivity contribution >= 4 is 12.0 Å². The van der Waals surface area contributed by atoms with Crippen LogP contribution in [0, 0.1) is 0 Å². The van der Waals surface area contributed by atoms with Crippen molar-refractivity contribution in [2.24, 2.45) is 0 Å². The van der Waals surface area contributed by atoms with Crippen molar-refractivity contribution in [2.75, 3.05) is 19.8 Å². The summed E-state index contributed by atoms with van der Waals surface area (Å²) in [6, 6.07) is -0.352. The number of hydrogen-bond acceptors (Lipinski definition) is 5. The predicted molar refractivity (Wildman–Crippen MR) is 73.5 cm³/mol. The number of ether oxygens (including phenoxy) is 1. The van der Waals surface area contributed by atoms with E-state index < -0.39 is 5.97 Å². The van der Waals surface area contributed by atoms with Crippen molar-refractivity contribution in [2.45, 2.75) is 19.5 Å². The van der Waals surface area contributed by atoms with E-state index in [4.69, 9.17) is 9.84 Å². The number of carbonyl (C=O) groups is 2. The standard InChI is InChI=1S/C12H19N5O4/c1-2-3-5-21-6-4-13-12(20)14-7-10-8-17(16-15-10)9-11(18)19/h2,8H,1,3-7,9H2,(H,18,19)(H2,13,14,20). The largest absolute Gasteiger partial charge is 0.480 e. The molecule has 0 aliphatic rings. The number of nitrogens with zero attached hydrogens (tertiary/aromatic N) is 3. The Bertz CT molecular complexity index is 474. The van der Waals surface area contributed by atoms with Gasteiger partial charge in [0.2, 0.25) is 0 Å². The Morgan fingerprint density at radius 1 is 1.43 bits per heavy atom. The van der Waals surface area contributed by atoms with E-state index in [9.17, 15) is 9.59 Å². The number of hydrogen-bond donors (Lipinski definition) is 3. The molecule has 21 heavy (non-hydrogen) atoms. The average molecular weight is 297 g/mol. The van der Waals surface area contributed by atoms with Crippen molar-refractivity contribution in [3.8, 4) is 0 Å². The minimum Gasteiger partial charge on any atom is -0.480 e. The van der Waals surface area contributed by atoms with E-state index in [1.807, 2.05) is 0 Å². The van der Waals surface area contributed by atoms with E-state index >= 15 is 0 Å². The molecule has 116 valence electrons. The Balaban J connectivity index is 2.13. The molecule has 9 heteroatoms. The summed E-state index contributed by atoms with van der Waals surface area (Å²) in [5, 5.41) is 21.2. The number of urea groups is 1. The molecule has 1 heterocycles. The van der Waals surface area contributed by atoms with Crippen LogP contribution in [0.15, 0.2) is 18.9 Å². The Morgan fingerprint density at radius 2 is 2.24 bits per heavy atom. The summed E-state index contributed by atoms with van der Waals surface area (Å²) in [4.78, 5) is 21.9. The first-order valence-corrected chi connectivity index (χ1v) is 6.43. The molecule has 0 fully saturated rings. The second-order valence-corrected chi connectivity index (χ2v) is 4.10. The molecule has 0 aromatic carbocycles. The topological polar surface area (TPSA) is 118 Å². The summed E-state index contributed by atoms with van der Waals surface area (Å²) in [5.41, 5.74) is 0.480. The summed E-state index contributed by atoms with van der Waals surface area (Å²) in [7, 11) is 0. The van der Waals surface area contributed by atoms with E-state index in [0.29, 0.717) is 25.5 Å². The van der Waals surface area contributed by atoms with Gasteiger partial charge in [0.05, 0.1) is 26.0 Å². The molecule has 1 aromatic rings. The van der Waals surface area contributed by atoms with E-state index in [2.05, 4.69) is 27.5 Å². The Hall–Kier alpha value is -2.42. The summed E-state index contributed by atoms with van der Waals surface area (Å²) >= 11 is 0. The highest BCUT2D eigenvalue weighted by molar-refractivity contribution is 5.73. The number of carbonyl (C=O) groups excluding carboxylic acids is 1. The van der Waals surface area contributed by atoms with E-state index in [-0.39, 0.29) is 19.1 Å². The number of aromatic nitrogens is 3. The van der Waals surface area contributed by atoms with Gasteiger partial charge >= 0.3 is 12.0 Å². The van der Waals surface area contributed by atoms with Crippen LogP contribution in [0.1, 0.15) is 12.1 Å². The third-order valence-corrected chi connectivity index (χ3v) is 2.31. The lowest BCUT2D eigenvalue weighted by Crippen LogP contribution is -2.37. The number of rotatable bonds is 10. The molecule has 0 bridgehead atoms.